The summed E-state index contributed by atoms with van der Waals surface area (Å²) in [5.41, 5.74) is 0.812. The van der Waals surface area contributed by atoms with Crippen LogP contribution in [0.3, 0.4) is 0 Å². The summed E-state index contributed by atoms with van der Waals surface area (Å²) in [6.07, 6.45) is -0.0247. The molecule has 2 atom stereocenters. The summed E-state index contributed by atoms with van der Waals surface area (Å²) in [7, 11) is -3.22. The van der Waals surface area contributed by atoms with Gasteiger partial charge in [0.25, 0.3) is 5.91 Å². The third kappa shape index (κ3) is 3.81. The number of rotatable bonds is 3. The summed E-state index contributed by atoms with van der Waals surface area (Å²) in [6, 6.07) is 11.1. The lowest BCUT2D eigenvalue weighted by Crippen LogP contribution is -2.38. The first-order valence-electron chi connectivity index (χ1n) is 8.59. The van der Waals surface area contributed by atoms with Crippen molar-refractivity contribution < 1.29 is 22.0 Å². The quantitative estimate of drug-likeness (QED) is 0.761. The van der Waals surface area contributed by atoms with Crippen LogP contribution in [0.2, 0.25) is 0 Å². The highest BCUT2D eigenvalue weighted by molar-refractivity contribution is 8.16. The van der Waals surface area contributed by atoms with Crippen LogP contribution in [-0.4, -0.2) is 42.3 Å². The van der Waals surface area contributed by atoms with Crippen molar-refractivity contribution in [2.75, 3.05) is 16.4 Å². The van der Waals surface area contributed by atoms with Gasteiger partial charge in [0.05, 0.1) is 29.7 Å². The molecular weight excluding hydrogens is 406 g/mol. The molecule has 2 heterocycles. The molecule has 0 spiro atoms. The molecule has 0 unspecified atom stereocenters. The molecule has 0 bridgehead atoms. The van der Waals surface area contributed by atoms with E-state index in [9.17, 15) is 22.0 Å². The molecule has 4 rings (SSSR count). The van der Waals surface area contributed by atoms with Crippen LogP contribution in [0.1, 0.15) is 5.56 Å². The largest absolute Gasteiger partial charge is 0.313 e. The molecule has 9 heteroatoms. The molecule has 2 fully saturated rings. The van der Waals surface area contributed by atoms with E-state index in [-0.39, 0.29) is 28.9 Å². The second kappa shape index (κ2) is 7.29. The number of fused-ring (bicyclic) bond motifs is 1. The first-order valence-corrected chi connectivity index (χ1v) is 11.3. The molecule has 5 nitrogen and oxygen atoms in total. The zero-order valence-electron chi connectivity index (χ0n) is 14.6. The third-order valence-electron chi connectivity index (χ3n) is 4.67. The Bertz CT molecular complexity index is 1060. The Morgan fingerprint density at radius 3 is 2.54 bits per heavy atom. The lowest BCUT2D eigenvalue weighted by Gasteiger charge is -2.24. The molecule has 1 amide bonds. The van der Waals surface area contributed by atoms with Gasteiger partial charge in [0.1, 0.15) is 11.6 Å². The number of amides is 1. The van der Waals surface area contributed by atoms with Crippen LogP contribution in [-0.2, 0) is 21.1 Å². The van der Waals surface area contributed by atoms with Gasteiger partial charge in [0.2, 0.25) is 0 Å². The number of para-hydroxylation sites is 1. The Morgan fingerprint density at radius 2 is 1.82 bits per heavy atom. The maximum atomic E-state index is 14.4. The minimum absolute atomic E-state index is 0.0247. The number of halogens is 2. The van der Waals surface area contributed by atoms with Gasteiger partial charge in [-0.15, -0.1) is 0 Å². The molecule has 0 saturated carbocycles. The van der Waals surface area contributed by atoms with E-state index in [0.717, 1.165) is 0 Å². The average Bonchev–Trinajstić information content (AvgIpc) is 3.08. The molecule has 2 aliphatic heterocycles. The number of sulfone groups is 1. The van der Waals surface area contributed by atoms with E-state index in [0.29, 0.717) is 10.7 Å². The number of anilines is 1. The smallest absolute Gasteiger partial charge is 0.252 e. The van der Waals surface area contributed by atoms with Gasteiger partial charge in [-0.2, -0.15) is 4.99 Å². The Hall–Kier alpha value is -2.26. The normalized spacial score (nSPS) is 24.5. The molecule has 0 radical (unpaired) electrons. The first-order chi connectivity index (χ1) is 13.3. The topological polar surface area (TPSA) is 66.8 Å². The third-order valence-corrected chi connectivity index (χ3v) is 7.88. The lowest BCUT2D eigenvalue weighted by molar-refractivity contribution is -0.117. The minimum Gasteiger partial charge on any atom is -0.313 e. The first kappa shape index (κ1) is 19.1. The fourth-order valence-electron chi connectivity index (χ4n) is 3.42. The molecule has 0 N–H and O–H groups in total. The zero-order valence-corrected chi connectivity index (χ0v) is 16.2. The van der Waals surface area contributed by atoms with E-state index in [4.69, 9.17) is 0 Å². The van der Waals surface area contributed by atoms with Gasteiger partial charge >= 0.3 is 0 Å². The van der Waals surface area contributed by atoms with Gasteiger partial charge in [0.15, 0.2) is 15.0 Å². The summed E-state index contributed by atoms with van der Waals surface area (Å²) >= 11 is 1.19. The molecule has 28 heavy (non-hydrogen) atoms. The van der Waals surface area contributed by atoms with E-state index in [2.05, 4.69) is 4.99 Å². The number of hydrogen-bond donors (Lipinski definition) is 0. The number of carbonyl (C=O) groups excluding carboxylic acids is 1. The summed E-state index contributed by atoms with van der Waals surface area (Å²) in [4.78, 5) is 18.1. The van der Waals surface area contributed by atoms with Crippen molar-refractivity contribution >= 4 is 38.4 Å². The van der Waals surface area contributed by atoms with Gasteiger partial charge in [-0.25, -0.2) is 17.2 Å². The highest BCUT2D eigenvalue weighted by atomic mass is 32.2. The van der Waals surface area contributed by atoms with Crippen molar-refractivity contribution in [3.63, 3.8) is 0 Å². The number of hydrogen-bond acceptors (Lipinski definition) is 4. The molecule has 0 aliphatic carbocycles. The number of amidine groups is 1. The number of carbonyl (C=O) groups is 1. The van der Waals surface area contributed by atoms with Crippen molar-refractivity contribution in [2.24, 2.45) is 4.99 Å². The number of nitrogens with zero attached hydrogens (tertiary/aromatic N) is 2. The zero-order chi connectivity index (χ0) is 19.9. The maximum absolute atomic E-state index is 14.4. The second-order valence-electron chi connectivity index (χ2n) is 6.71. The highest BCUT2D eigenvalue weighted by Crippen LogP contribution is 2.41. The highest BCUT2D eigenvalue weighted by Gasteiger charge is 2.49. The predicted molar refractivity (Wildman–Crippen MR) is 105 cm³/mol. The fraction of sp³-hybridized carbons (Fsp3) is 0.263. The molecule has 2 aromatic rings. The fourth-order valence-corrected chi connectivity index (χ4v) is 7.34. The van der Waals surface area contributed by atoms with Crippen LogP contribution in [0.15, 0.2) is 53.5 Å². The molecule has 2 aliphatic rings. The van der Waals surface area contributed by atoms with E-state index < -0.39 is 33.4 Å². The van der Waals surface area contributed by atoms with E-state index in [1.807, 2.05) is 0 Å². The molecule has 2 aromatic carbocycles. The van der Waals surface area contributed by atoms with E-state index in [1.54, 1.807) is 18.2 Å². The predicted octanol–water partition coefficient (Wildman–Crippen LogP) is 2.81. The van der Waals surface area contributed by atoms with Gasteiger partial charge in [0, 0.05) is 5.25 Å². The maximum Gasteiger partial charge on any atom is 0.252 e. The van der Waals surface area contributed by atoms with Crippen LogP contribution in [0, 0.1) is 11.6 Å². The Labute approximate surface area is 165 Å². The van der Waals surface area contributed by atoms with E-state index in [1.165, 1.54) is 47.0 Å². The molecule has 0 aromatic heterocycles. The second-order valence-corrected chi connectivity index (χ2v) is 10.1. The van der Waals surface area contributed by atoms with Crippen LogP contribution in [0.25, 0.3) is 0 Å². The lowest BCUT2D eigenvalue weighted by atomic mass is 10.1. The summed E-state index contributed by atoms with van der Waals surface area (Å²) in [5.74, 6) is -1.50. The van der Waals surface area contributed by atoms with Crippen molar-refractivity contribution in [3.8, 4) is 0 Å². The van der Waals surface area contributed by atoms with E-state index >= 15 is 0 Å². The van der Waals surface area contributed by atoms with Crippen LogP contribution in [0.5, 0.6) is 0 Å². The number of benzene rings is 2. The molecule has 146 valence electrons. The van der Waals surface area contributed by atoms with Crippen molar-refractivity contribution in [2.45, 2.75) is 17.7 Å². The SMILES string of the molecule is O=C(Cc1ccc(F)cc1)N=C1S[C@H]2CS(=O)(=O)C[C@H]2N1c1ccccc1F. The molecular formula is C19H16F2N2O3S2. The van der Waals surface area contributed by atoms with Gasteiger partial charge in [-0.1, -0.05) is 36.0 Å². The van der Waals surface area contributed by atoms with Gasteiger partial charge in [-0.05, 0) is 29.8 Å². The number of aliphatic imine (C=N–C) groups is 1. The average molecular weight is 422 g/mol. The summed E-state index contributed by atoms with van der Waals surface area (Å²) in [6.45, 7) is 0. The van der Waals surface area contributed by atoms with Crippen LogP contribution in [0.4, 0.5) is 14.5 Å². The number of thioether (sulfide) groups is 1. The van der Waals surface area contributed by atoms with Crippen LogP contribution >= 0.6 is 11.8 Å². The Morgan fingerprint density at radius 1 is 1.11 bits per heavy atom. The van der Waals surface area contributed by atoms with Gasteiger partial charge in [-0.3, -0.25) is 4.79 Å². The van der Waals surface area contributed by atoms with Crippen molar-refractivity contribution in [3.05, 3.63) is 65.7 Å². The Kier molecular flexibility index (Phi) is 4.96. The van der Waals surface area contributed by atoms with Crippen molar-refractivity contribution in [1.82, 2.24) is 0 Å². The standard InChI is InChI=1S/C19H16F2N2O3S2/c20-13-7-5-12(6-8-13)9-18(24)22-19-23(15-4-2-1-3-14(15)21)16-10-28(25,26)11-17(16)27-19/h1-8,16-17H,9-11H2/t16-,17+/m1/s1. The minimum atomic E-state index is -3.22. The van der Waals surface area contributed by atoms with Gasteiger partial charge < -0.3 is 4.90 Å². The van der Waals surface area contributed by atoms with Crippen LogP contribution < -0.4 is 4.90 Å². The Balaban J connectivity index is 1.65. The summed E-state index contributed by atoms with van der Waals surface area (Å²) in [5, 5.41) is -0.0101. The molecule has 2 saturated heterocycles. The monoisotopic (exact) mass is 422 g/mol. The summed E-state index contributed by atoms with van der Waals surface area (Å²) < 4.78 is 51.5. The van der Waals surface area contributed by atoms with Crippen molar-refractivity contribution in [1.29, 1.82) is 0 Å².